The quantitative estimate of drug-likeness (QED) is 0.545. The Morgan fingerprint density at radius 1 is 0.778 bits per heavy atom. The molecule has 0 bridgehead atoms. The monoisotopic (exact) mass is 258 g/mol. The Morgan fingerprint density at radius 3 is 1.78 bits per heavy atom. The molecule has 0 atom stereocenters. The first-order valence-corrected chi connectivity index (χ1v) is 6.68. The van der Waals surface area contributed by atoms with Crippen molar-refractivity contribution in [2.24, 2.45) is 0 Å². The molecule has 2 N–H and O–H groups in total. The van der Waals surface area contributed by atoms with Crippen molar-refractivity contribution < 1.29 is 14.3 Å². The van der Waals surface area contributed by atoms with E-state index in [0.29, 0.717) is 5.75 Å². The van der Waals surface area contributed by atoms with Crippen LogP contribution in [0.25, 0.3) is 21.5 Å². The number of benzene rings is 3. The number of hydrogen-bond donors (Lipinski definition) is 2. The van der Waals surface area contributed by atoms with E-state index >= 15 is 0 Å². The van der Waals surface area contributed by atoms with Crippen LogP contribution in [0.3, 0.4) is 0 Å². The van der Waals surface area contributed by atoms with Crippen LogP contribution < -0.4 is 4.52 Å². The maximum atomic E-state index is 9.12. The van der Waals surface area contributed by atoms with Gasteiger partial charge < -0.3 is 14.3 Å². The Labute approximate surface area is 105 Å². The molecule has 0 aliphatic rings. The van der Waals surface area contributed by atoms with Crippen molar-refractivity contribution in [3.05, 3.63) is 54.6 Å². The van der Waals surface area contributed by atoms with Gasteiger partial charge in [-0.05, 0) is 16.8 Å². The van der Waals surface area contributed by atoms with Gasteiger partial charge in [0.1, 0.15) is 5.75 Å². The average molecular weight is 258 g/mol. The van der Waals surface area contributed by atoms with Gasteiger partial charge in [-0.3, -0.25) is 0 Å². The Bertz CT molecular complexity index is 656. The Kier molecular flexibility index (Phi) is 2.88. The second-order valence-corrected chi connectivity index (χ2v) is 4.68. The van der Waals surface area contributed by atoms with Gasteiger partial charge in [0, 0.05) is 10.8 Å². The lowest BCUT2D eigenvalue weighted by Gasteiger charge is -2.12. The summed E-state index contributed by atoms with van der Waals surface area (Å²) in [5.41, 5.74) is 0. The Hall–Kier alpha value is -1.67. The summed E-state index contributed by atoms with van der Waals surface area (Å²) in [4.78, 5) is 18.2. The maximum Gasteiger partial charge on any atom is 0.391 e. The van der Waals surface area contributed by atoms with Crippen LogP contribution in [0.1, 0.15) is 0 Å². The van der Waals surface area contributed by atoms with Gasteiger partial charge in [-0.2, -0.15) is 0 Å². The molecule has 0 saturated heterocycles. The first-order chi connectivity index (χ1) is 8.75. The highest BCUT2D eigenvalue weighted by molar-refractivity contribution is 7.39. The van der Waals surface area contributed by atoms with Crippen LogP contribution >= 0.6 is 8.60 Å². The van der Waals surface area contributed by atoms with E-state index < -0.39 is 8.60 Å². The Balaban J connectivity index is 2.41. The summed E-state index contributed by atoms with van der Waals surface area (Å²) in [6, 6.07) is 17.5. The van der Waals surface area contributed by atoms with Crippen LogP contribution in [-0.4, -0.2) is 9.79 Å². The van der Waals surface area contributed by atoms with Crippen LogP contribution in [0.5, 0.6) is 5.75 Å². The molecule has 3 aromatic rings. The lowest BCUT2D eigenvalue weighted by atomic mass is 10.0. The summed E-state index contributed by atoms with van der Waals surface area (Å²) in [6.07, 6.45) is 0. The molecule has 0 heterocycles. The normalized spacial score (nSPS) is 11.3. The van der Waals surface area contributed by atoms with Crippen molar-refractivity contribution in [3.63, 3.8) is 0 Å². The van der Waals surface area contributed by atoms with Crippen LogP contribution in [0, 0.1) is 0 Å². The highest BCUT2D eigenvalue weighted by Gasteiger charge is 2.11. The minimum absolute atomic E-state index is 0.528. The summed E-state index contributed by atoms with van der Waals surface area (Å²) in [5.74, 6) is 0.528. The van der Waals surface area contributed by atoms with E-state index in [1.54, 1.807) is 0 Å². The molecular weight excluding hydrogens is 247 g/mol. The fraction of sp³-hybridized carbons (Fsp3) is 0. The molecule has 0 unspecified atom stereocenters. The highest BCUT2D eigenvalue weighted by atomic mass is 31.2. The first-order valence-electron chi connectivity index (χ1n) is 5.52. The molecule has 0 aliphatic carbocycles. The minimum Gasteiger partial charge on any atom is -0.426 e. The van der Waals surface area contributed by atoms with Gasteiger partial charge in [0.15, 0.2) is 0 Å². The zero-order valence-electron chi connectivity index (χ0n) is 9.45. The number of hydrogen-bond acceptors (Lipinski definition) is 3. The largest absolute Gasteiger partial charge is 0.426 e. The fourth-order valence-electron chi connectivity index (χ4n) is 2.15. The van der Waals surface area contributed by atoms with Crippen LogP contribution in [0.4, 0.5) is 0 Å². The molecule has 4 heteroatoms. The van der Waals surface area contributed by atoms with Crippen molar-refractivity contribution in [1.29, 1.82) is 0 Å². The molecule has 0 fully saturated rings. The minimum atomic E-state index is -2.42. The molecule has 0 amide bonds. The van der Waals surface area contributed by atoms with E-state index in [-0.39, 0.29) is 0 Å². The molecule has 0 saturated carbocycles. The fourth-order valence-corrected chi connectivity index (χ4v) is 2.51. The van der Waals surface area contributed by atoms with Crippen molar-refractivity contribution in [1.82, 2.24) is 0 Å². The van der Waals surface area contributed by atoms with Gasteiger partial charge >= 0.3 is 8.60 Å². The van der Waals surface area contributed by atoms with Crippen molar-refractivity contribution in [2.45, 2.75) is 0 Å². The number of rotatable bonds is 2. The van der Waals surface area contributed by atoms with E-state index in [1.165, 1.54) is 0 Å². The second kappa shape index (κ2) is 4.54. The third-order valence-corrected chi connectivity index (χ3v) is 3.24. The summed E-state index contributed by atoms with van der Waals surface area (Å²) >= 11 is 0. The third-order valence-electron chi connectivity index (χ3n) is 2.89. The molecule has 0 aromatic heterocycles. The maximum absolute atomic E-state index is 9.12. The molecule has 3 aromatic carbocycles. The van der Waals surface area contributed by atoms with Crippen molar-refractivity contribution in [2.75, 3.05) is 0 Å². The van der Waals surface area contributed by atoms with Gasteiger partial charge in [0.2, 0.25) is 0 Å². The molecule has 0 radical (unpaired) electrons. The van der Waals surface area contributed by atoms with E-state index in [0.717, 1.165) is 21.5 Å². The smallest absolute Gasteiger partial charge is 0.391 e. The summed E-state index contributed by atoms with van der Waals surface area (Å²) in [7, 11) is -2.42. The molecule has 0 aliphatic heterocycles. The second-order valence-electron chi connectivity index (χ2n) is 3.99. The molecule has 0 spiro atoms. The van der Waals surface area contributed by atoms with Gasteiger partial charge in [-0.25, -0.2) is 0 Å². The highest BCUT2D eigenvalue weighted by Crippen LogP contribution is 2.40. The molecule has 90 valence electrons. The SMILES string of the molecule is OP(O)Oc1c2ccccc2cc2ccccc12. The van der Waals surface area contributed by atoms with E-state index in [1.807, 2.05) is 48.5 Å². The topological polar surface area (TPSA) is 49.7 Å². The summed E-state index contributed by atoms with van der Waals surface area (Å²) < 4.78 is 5.22. The van der Waals surface area contributed by atoms with E-state index in [2.05, 4.69) is 6.07 Å². The predicted molar refractivity (Wildman–Crippen MR) is 73.4 cm³/mol. The lowest BCUT2D eigenvalue weighted by Crippen LogP contribution is -1.89. The molecule has 3 nitrogen and oxygen atoms in total. The Morgan fingerprint density at radius 2 is 1.28 bits per heavy atom. The van der Waals surface area contributed by atoms with E-state index in [4.69, 9.17) is 14.3 Å². The van der Waals surface area contributed by atoms with Gasteiger partial charge in [-0.15, -0.1) is 0 Å². The first kappa shape index (κ1) is 11.4. The standard InChI is InChI=1S/C14H11O3P/c15-18(16)17-14-12-7-3-1-5-10(12)9-11-6-2-4-8-13(11)14/h1-9,15-16H. The third kappa shape index (κ3) is 1.93. The number of fused-ring (bicyclic) bond motifs is 2. The summed E-state index contributed by atoms with van der Waals surface area (Å²) in [6.45, 7) is 0. The van der Waals surface area contributed by atoms with Crippen LogP contribution in [0.15, 0.2) is 54.6 Å². The van der Waals surface area contributed by atoms with E-state index in [9.17, 15) is 0 Å². The lowest BCUT2D eigenvalue weighted by molar-refractivity contribution is 0.378. The average Bonchev–Trinajstić information content (AvgIpc) is 2.38. The molecular formula is C14H11O3P. The zero-order chi connectivity index (χ0) is 12.5. The zero-order valence-corrected chi connectivity index (χ0v) is 10.3. The molecule has 18 heavy (non-hydrogen) atoms. The van der Waals surface area contributed by atoms with Crippen molar-refractivity contribution in [3.8, 4) is 5.75 Å². The van der Waals surface area contributed by atoms with Crippen LogP contribution in [-0.2, 0) is 0 Å². The van der Waals surface area contributed by atoms with Gasteiger partial charge in [-0.1, -0.05) is 48.5 Å². The van der Waals surface area contributed by atoms with Gasteiger partial charge in [0.05, 0.1) is 0 Å². The van der Waals surface area contributed by atoms with Crippen molar-refractivity contribution >= 4 is 30.1 Å². The predicted octanol–water partition coefficient (Wildman–Crippen LogP) is 3.58. The van der Waals surface area contributed by atoms with Crippen LogP contribution in [0.2, 0.25) is 0 Å². The summed E-state index contributed by atoms with van der Waals surface area (Å²) in [5, 5.41) is 3.80. The molecule has 3 rings (SSSR count). The van der Waals surface area contributed by atoms with Gasteiger partial charge in [0.25, 0.3) is 0 Å².